The summed E-state index contributed by atoms with van der Waals surface area (Å²) in [6.45, 7) is 6.69. The molecule has 0 unspecified atom stereocenters. The minimum absolute atomic E-state index is 0.193. The van der Waals surface area contributed by atoms with Crippen molar-refractivity contribution in [3.63, 3.8) is 0 Å². The van der Waals surface area contributed by atoms with Crippen molar-refractivity contribution in [1.82, 2.24) is 0 Å². The standard InChI is InChI=1S/C27H24ClNO4/c1-4-31-24-15-20(13-22(28)25(24)32-16-19-10-8-17(2)9-11-19)14-23-27(30)33-26(29-23)21-7-5-6-18(3)12-21/h5-15H,4,16H2,1-3H3/b23-14-. The number of carbonyl (C=O) groups excluding carboxylic acids is 1. The number of aliphatic imine (C=N–C) groups is 1. The van der Waals surface area contributed by atoms with Gasteiger partial charge in [0.2, 0.25) is 5.90 Å². The molecule has 0 amide bonds. The smallest absolute Gasteiger partial charge is 0.363 e. The first-order chi connectivity index (χ1) is 15.9. The van der Waals surface area contributed by atoms with Gasteiger partial charge in [0.15, 0.2) is 17.2 Å². The fourth-order valence-electron chi connectivity index (χ4n) is 3.38. The van der Waals surface area contributed by atoms with Crippen LogP contribution in [-0.2, 0) is 16.1 Å². The molecule has 6 heteroatoms. The molecule has 0 saturated carbocycles. The molecule has 0 aliphatic carbocycles. The van der Waals surface area contributed by atoms with Crippen molar-refractivity contribution in [2.24, 2.45) is 4.99 Å². The molecular formula is C27H24ClNO4. The van der Waals surface area contributed by atoms with Gasteiger partial charge in [-0.05, 0) is 62.2 Å². The lowest BCUT2D eigenvalue weighted by molar-refractivity contribution is -0.129. The van der Waals surface area contributed by atoms with Gasteiger partial charge in [0.1, 0.15) is 6.61 Å². The zero-order valence-corrected chi connectivity index (χ0v) is 19.5. The summed E-state index contributed by atoms with van der Waals surface area (Å²) in [5, 5.41) is 0.383. The highest BCUT2D eigenvalue weighted by Crippen LogP contribution is 2.38. The molecular weight excluding hydrogens is 438 g/mol. The average Bonchev–Trinajstić information content (AvgIpc) is 3.15. The summed E-state index contributed by atoms with van der Waals surface area (Å²) in [4.78, 5) is 16.8. The van der Waals surface area contributed by atoms with Crippen LogP contribution in [-0.4, -0.2) is 18.5 Å². The summed E-state index contributed by atoms with van der Waals surface area (Å²) in [7, 11) is 0. The highest BCUT2D eigenvalue weighted by atomic mass is 35.5. The van der Waals surface area contributed by atoms with Crippen LogP contribution in [0.25, 0.3) is 6.08 Å². The summed E-state index contributed by atoms with van der Waals surface area (Å²) in [6, 6.07) is 19.2. The summed E-state index contributed by atoms with van der Waals surface area (Å²) in [5.41, 5.74) is 4.86. The highest BCUT2D eigenvalue weighted by Gasteiger charge is 2.24. The number of benzene rings is 3. The van der Waals surface area contributed by atoms with Crippen LogP contribution in [0.3, 0.4) is 0 Å². The van der Waals surface area contributed by atoms with Crippen molar-refractivity contribution >= 4 is 29.5 Å². The molecule has 0 aromatic heterocycles. The lowest BCUT2D eigenvalue weighted by Crippen LogP contribution is -2.05. The van der Waals surface area contributed by atoms with Crippen LogP contribution in [0.2, 0.25) is 5.02 Å². The Labute approximate surface area is 198 Å². The average molecular weight is 462 g/mol. The van der Waals surface area contributed by atoms with Crippen LogP contribution in [0.15, 0.2) is 71.4 Å². The Kier molecular flexibility index (Phi) is 6.80. The summed E-state index contributed by atoms with van der Waals surface area (Å²) >= 11 is 6.54. The van der Waals surface area contributed by atoms with Crippen LogP contribution < -0.4 is 9.47 Å². The minimum Gasteiger partial charge on any atom is -0.490 e. The Bertz CT molecular complexity index is 1250. The van der Waals surface area contributed by atoms with E-state index in [-0.39, 0.29) is 11.6 Å². The molecule has 1 heterocycles. The molecule has 4 rings (SSSR count). The van der Waals surface area contributed by atoms with E-state index >= 15 is 0 Å². The molecule has 1 aliphatic rings. The molecule has 0 saturated heterocycles. The van der Waals surface area contributed by atoms with Crippen molar-refractivity contribution in [1.29, 1.82) is 0 Å². The van der Waals surface area contributed by atoms with Crippen molar-refractivity contribution in [3.8, 4) is 11.5 Å². The number of aryl methyl sites for hydroxylation is 2. The second-order valence-corrected chi connectivity index (χ2v) is 8.15. The SMILES string of the molecule is CCOc1cc(/C=C2\N=C(c3cccc(C)c3)OC2=O)cc(Cl)c1OCc1ccc(C)cc1. The predicted octanol–water partition coefficient (Wildman–Crippen LogP) is 6.28. The van der Waals surface area contributed by atoms with E-state index in [9.17, 15) is 4.79 Å². The molecule has 168 valence electrons. The molecule has 0 spiro atoms. The van der Waals surface area contributed by atoms with Gasteiger partial charge in [0, 0.05) is 5.56 Å². The molecule has 0 radical (unpaired) electrons. The van der Waals surface area contributed by atoms with Gasteiger partial charge >= 0.3 is 5.97 Å². The van der Waals surface area contributed by atoms with Crippen molar-refractivity contribution in [2.75, 3.05) is 6.61 Å². The van der Waals surface area contributed by atoms with E-state index in [1.165, 1.54) is 5.56 Å². The number of rotatable bonds is 7. The Balaban J connectivity index is 1.61. The van der Waals surface area contributed by atoms with E-state index in [0.717, 1.165) is 16.7 Å². The number of halogens is 1. The van der Waals surface area contributed by atoms with Crippen LogP contribution in [0, 0.1) is 13.8 Å². The Morgan fingerprint density at radius 2 is 1.79 bits per heavy atom. The second kappa shape index (κ2) is 9.92. The minimum atomic E-state index is -0.514. The fraction of sp³-hybridized carbons (Fsp3) is 0.185. The van der Waals surface area contributed by atoms with Gasteiger partial charge in [-0.1, -0.05) is 59.1 Å². The van der Waals surface area contributed by atoms with Crippen molar-refractivity contribution < 1.29 is 19.0 Å². The predicted molar refractivity (Wildman–Crippen MR) is 130 cm³/mol. The fourth-order valence-corrected chi connectivity index (χ4v) is 3.66. The number of hydrogen-bond acceptors (Lipinski definition) is 5. The molecule has 0 fully saturated rings. The van der Waals surface area contributed by atoms with E-state index in [0.29, 0.717) is 35.3 Å². The summed E-state index contributed by atoms with van der Waals surface area (Å²) in [6.07, 6.45) is 1.63. The molecule has 0 N–H and O–H groups in total. The van der Waals surface area contributed by atoms with Crippen LogP contribution in [0.4, 0.5) is 0 Å². The van der Waals surface area contributed by atoms with Gasteiger partial charge in [-0.15, -0.1) is 0 Å². The maximum Gasteiger partial charge on any atom is 0.363 e. The van der Waals surface area contributed by atoms with Crippen LogP contribution in [0.1, 0.15) is 34.7 Å². The number of esters is 1. The Morgan fingerprint density at radius 1 is 1.00 bits per heavy atom. The zero-order valence-electron chi connectivity index (χ0n) is 18.7. The maximum atomic E-state index is 12.4. The van der Waals surface area contributed by atoms with Crippen LogP contribution >= 0.6 is 11.6 Å². The van der Waals surface area contributed by atoms with Gasteiger partial charge in [-0.3, -0.25) is 0 Å². The van der Waals surface area contributed by atoms with Crippen molar-refractivity contribution in [2.45, 2.75) is 27.4 Å². The Morgan fingerprint density at radius 3 is 2.52 bits per heavy atom. The lowest BCUT2D eigenvalue weighted by Gasteiger charge is -2.14. The van der Waals surface area contributed by atoms with Gasteiger partial charge in [0.25, 0.3) is 0 Å². The molecule has 33 heavy (non-hydrogen) atoms. The van der Waals surface area contributed by atoms with E-state index < -0.39 is 5.97 Å². The molecule has 1 aliphatic heterocycles. The first-order valence-corrected chi connectivity index (χ1v) is 11.0. The van der Waals surface area contributed by atoms with Gasteiger partial charge in [-0.25, -0.2) is 9.79 Å². The van der Waals surface area contributed by atoms with Gasteiger partial charge < -0.3 is 14.2 Å². The number of ether oxygens (including phenoxy) is 3. The third-order valence-electron chi connectivity index (χ3n) is 5.02. The number of carbonyl (C=O) groups is 1. The topological polar surface area (TPSA) is 57.1 Å². The first kappa shape index (κ1) is 22.6. The van der Waals surface area contributed by atoms with E-state index in [1.807, 2.05) is 69.3 Å². The second-order valence-electron chi connectivity index (χ2n) is 7.74. The van der Waals surface area contributed by atoms with Gasteiger partial charge in [-0.2, -0.15) is 0 Å². The number of nitrogens with zero attached hydrogens (tertiary/aromatic N) is 1. The third-order valence-corrected chi connectivity index (χ3v) is 5.31. The van der Waals surface area contributed by atoms with Crippen LogP contribution in [0.5, 0.6) is 11.5 Å². The summed E-state index contributed by atoms with van der Waals surface area (Å²) < 4.78 is 17.1. The van der Waals surface area contributed by atoms with E-state index in [4.69, 9.17) is 25.8 Å². The maximum absolute atomic E-state index is 12.4. The Hall–Kier alpha value is -3.57. The van der Waals surface area contributed by atoms with E-state index in [1.54, 1.807) is 18.2 Å². The zero-order chi connectivity index (χ0) is 23.4. The molecule has 3 aromatic rings. The largest absolute Gasteiger partial charge is 0.490 e. The first-order valence-electron chi connectivity index (χ1n) is 10.7. The highest BCUT2D eigenvalue weighted by molar-refractivity contribution is 6.32. The van der Waals surface area contributed by atoms with E-state index in [2.05, 4.69) is 4.99 Å². The van der Waals surface area contributed by atoms with Crippen molar-refractivity contribution in [3.05, 3.63) is 99.2 Å². The molecule has 0 atom stereocenters. The number of hydrogen-bond donors (Lipinski definition) is 0. The lowest BCUT2D eigenvalue weighted by atomic mass is 10.1. The summed E-state index contributed by atoms with van der Waals surface area (Å²) in [5.74, 6) is 0.724. The molecule has 3 aromatic carbocycles. The third kappa shape index (κ3) is 5.44. The quantitative estimate of drug-likeness (QED) is 0.307. The molecule has 5 nitrogen and oxygen atoms in total. The monoisotopic (exact) mass is 461 g/mol. The normalized spacial score (nSPS) is 14.2. The number of cyclic esters (lactones) is 1. The molecule has 0 bridgehead atoms. The van der Waals surface area contributed by atoms with Gasteiger partial charge in [0.05, 0.1) is 11.6 Å².